The topological polar surface area (TPSA) is 81.5 Å². The van der Waals surface area contributed by atoms with Crippen molar-refractivity contribution in [2.75, 3.05) is 11.9 Å². The highest BCUT2D eigenvalue weighted by Crippen LogP contribution is 2.35. The summed E-state index contributed by atoms with van der Waals surface area (Å²) >= 11 is 6.06. The van der Waals surface area contributed by atoms with E-state index in [9.17, 15) is 23.7 Å². The minimum absolute atomic E-state index is 0.00350. The van der Waals surface area contributed by atoms with Crippen LogP contribution in [0.1, 0.15) is 27.8 Å². The van der Waals surface area contributed by atoms with E-state index in [1.54, 1.807) is 6.92 Å². The molecule has 10 heteroatoms. The molecule has 0 spiro atoms. The van der Waals surface area contributed by atoms with Gasteiger partial charge in [0.2, 0.25) is 0 Å². The second-order valence-electron chi connectivity index (χ2n) is 5.00. The molecule has 0 aromatic heterocycles. The Labute approximate surface area is 163 Å². The number of nitro benzene ring substituents is 1. The monoisotopic (exact) mass is 492 g/mol. The molecule has 0 aliphatic heterocycles. The number of carbonyl (C=O) groups excluding carboxylic acids is 1. The fraction of sp³-hybridized carbons (Fsp3) is 0.188. The van der Waals surface area contributed by atoms with Crippen molar-refractivity contribution in [3.05, 3.63) is 67.7 Å². The Hall–Kier alpha value is -2.07. The van der Waals surface area contributed by atoms with Crippen LogP contribution in [-0.2, 0) is 4.74 Å². The van der Waals surface area contributed by atoms with Gasteiger partial charge in [-0.1, -0.05) is 31.9 Å². The highest BCUT2D eigenvalue weighted by Gasteiger charge is 2.23. The Morgan fingerprint density at radius 2 is 1.92 bits per heavy atom. The Bertz CT molecular complexity index is 841. The van der Waals surface area contributed by atoms with E-state index in [1.807, 2.05) is 0 Å². The summed E-state index contributed by atoms with van der Waals surface area (Å²) in [5, 5.41) is 13.9. The van der Waals surface area contributed by atoms with Gasteiger partial charge in [0.05, 0.1) is 22.7 Å². The molecule has 138 valence electrons. The van der Waals surface area contributed by atoms with Crippen LogP contribution < -0.4 is 5.32 Å². The van der Waals surface area contributed by atoms with Gasteiger partial charge in [-0.15, -0.1) is 0 Å². The molecule has 0 heterocycles. The molecule has 0 aliphatic rings. The number of halogens is 4. The molecule has 1 unspecified atom stereocenters. The molecule has 0 bridgehead atoms. The first-order chi connectivity index (χ1) is 12.2. The first-order valence-corrected chi connectivity index (χ1v) is 8.96. The van der Waals surface area contributed by atoms with Gasteiger partial charge >= 0.3 is 5.97 Å². The lowest BCUT2D eigenvalue weighted by Crippen LogP contribution is -2.11. The zero-order valence-electron chi connectivity index (χ0n) is 13.3. The van der Waals surface area contributed by atoms with Crippen molar-refractivity contribution in [3.8, 4) is 0 Å². The lowest BCUT2D eigenvalue weighted by Gasteiger charge is -2.16. The number of nitro groups is 1. The molecule has 1 atom stereocenters. The number of benzene rings is 2. The summed E-state index contributed by atoms with van der Waals surface area (Å²) in [6, 6.07) is 5.78. The average Bonchev–Trinajstić information content (AvgIpc) is 2.54. The number of esters is 1. The zero-order chi connectivity index (χ0) is 19.4. The Morgan fingerprint density at radius 3 is 2.46 bits per heavy atom. The molecule has 0 aliphatic carbocycles. The van der Waals surface area contributed by atoms with E-state index in [2.05, 4.69) is 37.2 Å². The van der Waals surface area contributed by atoms with Crippen LogP contribution in [0.5, 0.6) is 0 Å². The molecule has 2 rings (SSSR count). The fourth-order valence-electron chi connectivity index (χ4n) is 2.15. The van der Waals surface area contributed by atoms with Gasteiger partial charge in [0, 0.05) is 10.5 Å². The number of ether oxygens (including phenoxy) is 1. The molecular weight excluding hydrogens is 482 g/mol. The number of anilines is 1. The second-order valence-corrected chi connectivity index (χ2v) is 6.83. The van der Waals surface area contributed by atoms with Crippen LogP contribution in [0.15, 0.2) is 34.8 Å². The van der Waals surface area contributed by atoms with E-state index >= 15 is 0 Å². The van der Waals surface area contributed by atoms with E-state index in [1.165, 1.54) is 12.1 Å². The molecular formula is C16H12Br2F2N2O4. The predicted octanol–water partition coefficient (Wildman–Crippen LogP) is 5.32. The SMILES string of the molecule is CCOC(=O)c1ccc(NC(Br)c2c(F)cc(Br)cc2F)c([N+](=O)[O-])c1. The van der Waals surface area contributed by atoms with Gasteiger partial charge in [-0.2, -0.15) is 0 Å². The summed E-state index contributed by atoms with van der Waals surface area (Å²) in [7, 11) is 0. The molecule has 1 N–H and O–H groups in total. The summed E-state index contributed by atoms with van der Waals surface area (Å²) in [6.07, 6.45) is 0. The molecule has 2 aromatic rings. The minimum atomic E-state index is -1.08. The van der Waals surface area contributed by atoms with E-state index in [-0.39, 0.29) is 27.9 Å². The van der Waals surface area contributed by atoms with Gasteiger partial charge in [-0.25, -0.2) is 13.6 Å². The molecule has 0 saturated carbocycles. The molecule has 0 fully saturated rings. The Kier molecular flexibility index (Phi) is 6.65. The third kappa shape index (κ3) is 4.55. The predicted molar refractivity (Wildman–Crippen MR) is 98.4 cm³/mol. The van der Waals surface area contributed by atoms with Gasteiger partial charge in [0.15, 0.2) is 0 Å². The maximum atomic E-state index is 14.0. The Balaban J connectivity index is 2.37. The van der Waals surface area contributed by atoms with Crippen molar-refractivity contribution < 1.29 is 23.2 Å². The third-order valence-corrected chi connectivity index (χ3v) is 4.43. The number of alkyl halides is 1. The maximum Gasteiger partial charge on any atom is 0.338 e. The van der Waals surface area contributed by atoms with Crippen molar-refractivity contribution in [1.29, 1.82) is 0 Å². The van der Waals surface area contributed by atoms with E-state index in [0.717, 1.165) is 18.2 Å². The summed E-state index contributed by atoms with van der Waals surface area (Å²) in [5.41, 5.74) is -0.794. The van der Waals surface area contributed by atoms with Gasteiger partial charge < -0.3 is 10.1 Å². The van der Waals surface area contributed by atoms with Crippen molar-refractivity contribution >= 4 is 49.2 Å². The van der Waals surface area contributed by atoms with E-state index in [4.69, 9.17) is 4.74 Å². The molecule has 0 radical (unpaired) electrons. The average molecular weight is 494 g/mol. The highest BCUT2D eigenvalue weighted by molar-refractivity contribution is 9.10. The first kappa shape index (κ1) is 20.2. The summed E-state index contributed by atoms with van der Waals surface area (Å²) in [5.74, 6) is -2.38. The fourth-order valence-corrected chi connectivity index (χ4v) is 3.24. The maximum absolute atomic E-state index is 14.0. The smallest absolute Gasteiger partial charge is 0.338 e. The lowest BCUT2D eigenvalue weighted by atomic mass is 10.1. The van der Waals surface area contributed by atoms with Crippen LogP contribution in [0.2, 0.25) is 0 Å². The van der Waals surface area contributed by atoms with Gasteiger partial charge in [0.25, 0.3) is 5.69 Å². The number of hydrogen-bond acceptors (Lipinski definition) is 5. The van der Waals surface area contributed by atoms with Gasteiger partial charge in [0.1, 0.15) is 22.3 Å². The molecule has 26 heavy (non-hydrogen) atoms. The van der Waals surface area contributed by atoms with E-state index < -0.39 is 33.2 Å². The highest BCUT2D eigenvalue weighted by atomic mass is 79.9. The van der Waals surface area contributed by atoms with Crippen molar-refractivity contribution in [1.82, 2.24) is 0 Å². The van der Waals surface area contributed by atoms with Crippen molar-refractivity contribution in [2.24, 2.45) is 0 Å². The summed E-state index contributed by atoms with van der Waals surface area (Å²) < 4.78 is 33.1. The number of rotatable bonds is 6. The van der Waals surface area contributed by atoms with Gasteiger partial charge in [-0.05, 0) is 31.2 Å². The van der Waals surface area contributed by atoms with Gasteiger partial charge in [-0.3, -0.25) is 10.1 Å². The summed E-state index contributed by atoms with van der Waals surface area (Å²) in [4.78, 5) is 21.2. The number of carbonyl (C=O) groups is 1. The Morgan fingerprint density at radius 1 is 1.31 bits per heavy atom. The first-order valence-electron chi connectivity index (χ1n) is 7.25. The van der Waals surface area contributed by atoms with Crippen molar-refractivity contribution in [3.63, 3.8) is 0 Å². The normalized spacial score (nSPS) is 11.7. The standard InChI is InChI=1S/C16H12Br2F2N2O4/c1-2-26-16(23)8-3-4-12(13(5-8)22(24)25)21-15(18)14-10(19)6-9(17)7-11(14)20/h3-7,15,21H,2H2,1H3. The number of hydrogen-bond donors (Lipinski definition) is 1. The van der Waals surface area contributed by atoms with Crippen LogP contribution in [-0.4, -0.2) is 17.5 Å². The molecule has 6 nitrogen and oxygen atoms in total. The van der Waals surface area contributed by atoms with Crippen LogP contribution in [0, 0.1) is 21.7 Å². The van der Waals surface area contributed by atoms with Crippen LogP contribution in [0.25, 0.3) is 0 Å². The molecule has 0 saturated heterocycles. The van der Waals surface area contributed by atoms with Crippen LogP contribution >= 0.6 is 31.9 Å². The summed E-state index contributed by atoms with van der Waals surface area (Å²) in [6.45, 7) is 1.73. The molecule has 2 aromatic carbocycles. The van der Waals surface area contributed by atoms with E-state index in [0.29, 0.717) is 0 Å². The van der Waals surface area contributed by atoms with Crippen molar-refractivity contribution in [2.45, 2.75) is 11.9 Å². The quantitative estimate of drug-likeness (QED) is 0.194. The lowest BCUT2D eigenvalue weighted by molar-refractivity contribution is -0.384. The zero-order valence-corrected chi connectivity index (χ0v) is 16.4. The second kappa shape index (κ2) is 8.54. The van der Waals surface area contributed by atoms with Crippen LogP contribution in [0.3, 0.4) is 0 Å². The largest absolute Gasteiger partial charge is 0.462 e. The number of nitrogens with zero attached hydrogens (tertiary/aromatic N) is 1. The minimum Gasteiger partial charge on any atom is -0.462 e. The number of nitrogens with one attached hydrogen (secondary N) is 1. The molecule has 0 amide bonds. The third-order valence-electron chi connectivity index (χ3n) is 3.29. The van der Waals surface area contributed by atoms with Crippen LogP contribution in [0.4, 0.5) is 20.2 Å².